The van der Waals surface area contributed by atoms with Gasteiger partial charge in [-0.15, -0.1) is 0 Å². The minimum Gasteiger partial charge on any atom is -0.497 e. The molecule has 30 heavy (non-hydrogen) atoms. The van der Waals surface area contributed by atoms with Gasteiger partial charge < -0.3 is 18.8 Å². The van der Waals surface area contributed by atoms with Crippen LogP contribution in [0.25, 0.3) is 22.4 Å². The molecule has 1 aromatic carbocycles. The second kappa shape index (κ2) is 8.03. The van der Waals surface area contributed by atoms with Crippen molar-refractivity contribution in [2.75, 3.05) is 20.8 Å². The predicted octanol–water partition coefficient (Wildman–Crippen LogP) is 4.93. The van der Waals surface area contributed by atoms with Gasteiger partial charge in [-0.2, -0.15) is 0 Å². The summed E-state index contributed by atoms with van der Waals surface area (Å²) >= 11 is 5.99. The van der Waals surface area contributed by atoms with E-state index in [4.69, 9.17) is 25.8 Å². The lowest BCUT2D eigenvalue weighted by Gasteiger charge is -2.24. The van der Waals surface area contributed by atoms with Crippen LogP contribution in [0.1, 0.15) is 28.5 Å². The van der Waals surface area contributed by atoms with Gasteiger partial charge >= 0.3 is 5.97 Å². The van der Waals surface area contributed by atoms with Crippen LogP contribution in [0.2, 0.25) is 5.15 Å². The number of halogens is 1. The maximum atomic E-state index is 13.2. The number of aromatic nitrogens is 2. The Hall–Kier alpha value is -2.99. The Labute approximate surface area is 180 Å². The maximum Gasteiger partial charge on any atom is 0.340 e. The van der Waals surface area contributed by atoms with E-state index in [1.54, 1.807) is 33.4 Å². The van der Waals surface area contributed by atoms with Crippen molar-refractivity contribution in [2.45, 2.75) is 26.8 Å². The van der Waals surface area contributed by atoms with E-state index in [1.807, 2.05) is 25.1 Å². The van der Waals surface area contributed by atoms with E-state index in [-0.39, 0.29) is 12.6 Å². The van der Waals surface area contributed by atoms with Crippen LogP contribution in [0.5, 0.6) is 11.5 Å². The van der Waals surface area contributed by atoms with Gasteiger partial charge in [0.1, 0.15) is 16.7 Å². The molecule has 0 saturated heterocycles. The number of carbonyl (C=O) groups is 1. The van der Waals surface area contributed by atoms with Crippen molar-refractivity contribution in [3.63, 3.8) is 0 Å². The molecule has 2 aromatic heterocycles. The van der Waals surface area contributed by atoms with Gasteiger partial charge in [-0.05, 0) is 44.0 Å². The van der Waals surface area contributed by atoms with Gasteiger partial charge in [0.05, 0.1) is 32.1 Å². The summed E-state index contributed by atoms with van der Waals surface area (Å²) in [6, 6.07) is 7.44. The SMILES string of the molecule is CCOC(=O)c1c(-c2ccc(Cl)nc2)c(C)n2c1-c1c(cc(OC)cc1OC)CC2. The molecule has 0 atom stereocenters. The third kappa shape index (κ3) is 3.21. The number of aryl methyl sites for hydroxylation is 1. The van der Waals surface area contributed by atoms with Crippen molar-refractivity contribution >= 4 is 17.6 Å². The Morgan fingerprint density at radius 2 is 2.00 bits per heavy atom. The van der Waals surface area contributed by atoms with Gasteiger partial charge in [0.25, 0.3) is 0 Å². The third-order valence-electron chi connectivity index (χ3n) is 5.47. The summed E-state index contributed by atoms with van der Waals surface area (Å²) in [6.07, 6.45) is 2.48. The number of esters is 1. The van der Waals surface area contributed by atoms with E-state index < -0.39 is 0 Å². The molecule has 1 aliphatic rings. The number of nitrogens with zero attached hydrogens (tertiary/aromatic N) is 2. The highest BCUT2D eigenvalue weighted by Crippen LogP contribution is 2.47. The van der Waals surface area contributed by atoms with Gasteiger partial charge in [-0.1, -0.05) is 11.6 Å². The average Bonchev–Trinajstić information content (AvgIpc) is 3.06. The molecule has 0 bridgehead atoms. The summed E-state index contributed by atoms with van der Waals surface area (Å²) in [5.41, 5.74) is 5.88. The first kappa shape index (κ1) is 20.3. The van der Waals surface area contributed by atoms with E-state index in [0.29, 0.717) is 16.5 Å². The zero-order chi connectivity index (χ0) is 21.4. The Balaban J connectivity index is 2.06. The smallest absolute Gasteiger partial charge is 0.340 e. The largest absolute Gasteiger partial charge is 0.497 e. The van der Waals surface area contributed by atoms with Crippen LogP contribution in [0, 0.1) is 6.92 Å². The molecule has 6 nitrogen and oxygen atoms in total. The van der Waals surface area contributed by atoms with Gasteiger partial charge in [-0.3, -0.25) is 0 Å². The lowest BCUT2D eigenvalue weighted by atomic mass is 9.93. The molecule has 156 valence electrons. The first-order valence-corrected chi connectivity index (χ1v) is 10.1. The van der Waals surface area contributed by atoms with Gasteiger partial charge in [0, 0.05) is 41.2 Å². The van der Waals surface area contributed by atoms with Gasteiger partial charge in [0.2, 0.25) is 0 Å². The third-order valence-corrected chi connectivity index (χ3v) is 5.70. The van der Waals surface area contributed by atoms with Crippen LogP contribution in [-0.2, 0) is 17.7 Å². The van der Waals surface area contributed by atoms with E-state index in [9.17, 15) is 4.79 Å². The zero-order valence-electron chi connectivity index (χ0n) is 17.4. The van der Waals surface area contributed by atoms with Crippen molar-refractivity contribution in [2.24, 2.45) is 0 Å². The molecule has 3 aromatic rings. The Bertz CT molecular complexity index is 1100. The number of ether oxygens (including phenoxy) is 3. The summed E-state index contributed by atoms with van der Waals surface area (Å²) in [5, 5.41) is 0.400. The van der Waals surface area contributed by atoms with Crippen molar-refractivity contribution in [1.29, 1.82) is 0 Å². The zero-order valence-corrected chi connectivity index (χ0v) is 18.2. The lowest BCUT2D eigenvalue weighted by Crippen LogP contribution is -2.15. The Morgan fingerprint density at radius 3 is 2.63 bits per heavy atom. The second-order valence-corrected chi connectivity index (χ2v) is 7.43. The number of pyridine rings is 1. The van der Waals surface area contributed by atoms with Crippen LogP contribution in [0.4, 0.5) is 0 Å². The lowest BCUT2D eigenvalue weighted by molar-refractivity contribution is 0.0528. The summed E-state index contributed by atoms with van der Waals surface area (Å²) in [6.45, 7) is 4.83. The highest BCUT2D eigenvalue weighted by molar-refractivity contribution is 6.29. The molecular formula is C23H23ClN2O4. The number of hydrogen-bond donors (Lipinski definition) is 0. The Kier molecular flexibility index (Phi) is 5.43. The fourth-order valence-corrected chi connectivity index (χ4v) is 4.29. The number of hydrogen-bond acceptors (Lipinski definition) is 5. The molecule has 3 heterocycles. The van der Waals surface area contributed by atoms with Crippen LogP contribution in [0.15, 0.2) is 30.5 Å². The van der Waals surface area contributed by atoms with E-state index in [0.717, 1.165) is 52.4 Å². The topological polar surface area (TPSA) is 62.6 Å². The molecule has 1 aliphatic heterocycles. The molecule has 4 rings (SSSR count). The molecule has 0 spiro atoms. The van der Waals surface area contributed by atoms with Crippen LogP contribution < -0.4 is 9.47 Å². The predicted molar refractivity (Wildman–Crippen MR) is 116 cm³/mol. The van der Waals surface area contributed by atoms with Crippen molar-refractivity contribution < 1.29 is 19.0 Å². The number of methoxy groups -OCH3 is 2. The summed E-state index contributed by atoms with van der Waals surface area (Å²) in [5.74, 6) is 1.02. The van der Waals surface area contributed by atoms with E-state index in [1.165, 1.54) is 0 Å². The van der Waals surface area contributed by atoms with Crippen LogP contribution in [0.3, 0.4) is 0 Å². The van der Waals surface area contributed by atoms with Crippen molar-refractivity contribution in [3.8, 4) is 33.9 Å². The van der Waals surface area contributed by atoms with Crippen molar-refractivity contribution in [3.05, 3.63) is 52.4 Å². The summed E-state index contributed by atoms with van der Waals surface area (Å²) < 4.78 is 18.8. The number of carbonyl (C=O) groups excluding carboxylic acids is 1. The average molecular weight is 427 g/mol. The quantitative estimate of drug-likeness (QED) is 0.427. The van der Waals surface area contributed by atoms with Crippen LogP contribution in [-0.4, -0.2) is 36.3 Å². The highest BCUT2D eigenvalue weighted by atomic mass is 35.5. The molecule has 0 aliphatic carbocycles. The fourth-order valence-electron chi connectivity index (χ4n) is 4.18. The Morgan fingerprint density at radius 1 is 1.20 bits per heavy atom. The molecular weight excluding hydrogens is 404 g/mol. The maximum absolute atomic E-state index is 13.2. The molecule has 0 unspecified atom stereocenters. The molecule has 0 N–H and O–H groups in total. The minimum absolute atomic E-state index is 0.285. The van der Waals surface area contributed by atoms with E-state index in [2.05, 4.69) is 9.55 Å². The number of fused-ring (bicyclic) bond motifs is 3. The molecule has 7 heteroatoms. The fraction of sp³-hybridized carbons (Fsp3) is 0.304. The first-order valence-electron chi connectivity index (χ1n) is 9.77. The normalized spacial score (nSPS) is 12.2. The molecule has 0 saturated carbocycles. The minimum atomic E-state index is -0.370. The monoisotopic (exact) mass is 426 g/mol. The highest BCUT2D eigenvalue weighted by Gasteiger charge is 2.33. The number of benzene rings is 1. The molecule has 0 amide bonds. The summed E-state index contributed by atoms with van der Waals surface area (Å²) in [7, 11) is 3.25. The van der Waals surface area contributed by atoms with Gasteiger partial charge in [-0.25, -0.2) is 9.78 Å². The van der Waals surface area contributed by atoms with E-state index >= 15 is 0 Å². The van der Waals surface area contributed by atoms with Crippen LogP contribution >= 0.6 is 11.6 Å². The summed E-state index contributed by atoms with van der Waals surface area (Å²) in [4.78, 5) is 17.4. The molecule has 0 radical (unpaired) electrons. The standard InChI is InChI=1S/C23H23ClN2O4/c1-5-30-23(27)21-19(15-6-7-18(24)25-12-15)13(2)26-9-8-14-10-16(28-3)11-17(29-4)20(14)22(21)26/h6-7,10-12H,5,8-9H2,1-4H3. The molecule has 0 fully saturated rings. The van der Waals surface area contributed by atoms with Gasteiger partial charge in [0.15, 0.2) is 0 Å². The second-order valence-electron chi connectivity index (χ2n) is 7.04. The van der Waals surface area contributed by atoms with Crippen molar-refractivity contribution in [1.82, 2.24) is 9.55 Å². The number of rotatable bonds is 5. The first-order chi connectivity index (χ1) is 14.5.